The first-order valence-corrected chi connectivity index (χ1v) is 8.42. The summed E-state index contributed by atoms with van der Waals surface area (Å²) in [6.45, 7) is 6.53. The third-order valence-corrected chi connectivity index (χ3v) is 3.90. The van der Waals surface area contributed by atoms with E-state index >= 15 is 0 Å². The quantitative estimate of drug-likeness (QED) is 0.699. The summed E-state index contributed by atoms with van der Waals surface area (Å²) in [6, 6.07) is 11.1. The van der Waals surface area contributed by atoms with E-state index in [0.29, 0.717) is 36.6 Å². The summed E-state index contributed by atoms with van der Waals surface area (Å²) in [4.78, 5) is 12.4. The highest BCUT2D eigenvalue weighted by Gasteiger charge is 2.11. The zero-order valence-corrected chi connectivity index (χ0v) is 15.5. The number of carbonyl (C=O) groups is 1. The Balaban J connectivity index is 1.99. The molecule has 0 aromatic heterocycles. The monoisotopic (exact) mass is 355 g/mol. The summed E-state index contributed by atoms with van der Waals surface area (Å²) < 4.78 is 16.2. The highest BCUT2D eigenvalue weighted by molar-refractivity contribution is 5.94. The van der Waals surface area contributed by atoms with E-state index in [4.69, 9.17) is 14.2 Å². The van der Waals surface area contributed by atoms with Crippen molar-refractivity contribution in [2.45, 2.75) is 13.3 Å². The average molecular weight is 355 g/mol. The normalized spacial score (nSPS) is 10.1. The van der Waals surface area contributed by atoms with Gasteiger partial charge in [0.15, 0.2) is 11.5 Å². The number of aryl methyl sites for hydroxylation is 1. The van der Waals surface area contributed by atoms with E-state index in [-0.39, 0.29) is 5.91 Å². The number of ether oxygens (including phenoxy) is 3. The largest absolute Gasteiger partial charge is 0.496 e. The Morgan fingerprint density at radius 1 is 1.08 bits per heavy atom. The molecule has 0 saturated heterocycles. The van der Waals surface area contributed by atoms with Gasteiger partial charge in [-0.15, -0.1) is 0 Å². The maximum absolute atomic E-state index is 12.4. The molecule has 0 heterocycles. The van der Waals surface area contributed by atoms with Crippen molar-refractivity contribution < 1.29 is 19.0 Å². The molecule has 0 aliphatic rings. The average Bonchev–Trinajstić information content (AvgIpc) is 2.66. The Morgan fingerprint density at radius 3 is 2.50 bits per heavy atom. The van der Waals surface area contributed by atoms with Crippen LogP contribution in [0.2, 0.25) is 0 Å². The smallest absolute Gasteiger partial charge is 0.251 e. The van der Waals surface area contributed by atoms with Gasteiger partial charge in [-0.2, -0.15) is 0 Å². The van der Waals surface area contributed by atoms with Gasteiger partial charge >= 0.3 is 0 Å². The van der Waals surface area contributed by atoms with Gasteiger partial charge in [0.2, 0.25) is 0 Å². The van der Waals surface area contributed by atoms with Crippen LogP contribution in [0.5, 0.6) is 17.2 Å². The molecule has 0 fully saturated rings. The molecule has 26 heavy (non-hydrogen) atoms. The molecule has 0 aliphatic carbocycles. The summed E-state index contributed by atoms with van der Waals surface area (Å²) in [5.41, 5.74) is 2.74. The predicted molar refractivity (Wildman–Crippen MR) is 102 cm³/mol. The van der Waals surface area contributed by atoms with Crippen molar-refractivity contribution >= 4 is 5.91 Å². The van der Waals surface area contributed by atoms with Crippen molar-refractivity contribution in [2.24, 2.45) is 0 Å². The SMILES string of the molecule is C=CCOc1ccc(C(=O)NCCc2cc(C)ccc2OC)cc1OC. The number of rotatable bonds is 9. The van der Waals surface area contributed by atoms with Crippen molar-refractivity contribution in [1.82, 2.24) is 5.32 Å². The van der Waals surface area contributed by atoms with E-state index in [9.17, 15) is 4.79 Å². The number of methoxy groups -OCH3 is 2. The molecular weight excluding hydrogens is 330 g/mol. The molecule has 5 nitrogen and oxygen atoms in total. The molecule has 2 aromatic rings. The van der Waals surface area contributed by atoms with Crippen molar-refractivity contribution in [3.05, 3.63) is 65.7 Å². The third kappa shape index (κ3) is 5.02. The van der Waals surface area contributed by atoms with Crippen LogP contribution in [-0.2, 0) is 6.42 Å². The van der Waals surface area contributed by atoms with Gasteiger partial charge in [0.25, 0.3) is 5.91 Å². The molecule has 2 rings (SSSR count). The first-order chi connectivity index (χ1) is 12.6. The Kier molecular flexibility index (Phi) is 7.09. The highest BCUT2D eigenvalue weighted by Crippen LogP contribution is 2.28. The zero-order chi connectivity index (χ0) is 18.9. The van der Waals surface area contributed by atoms with Crippen molar-refractivity contribution in [1.29, 1.82) is 0 Å². The van der Waals surface area contributed by atoms with Crippen LogP contribution < -0.4 is 19.5 Å². The maximum Gasteiger partial charge on any atom is 0.251 e. The lowest BCUT2D eigenvalue weighted by Crippen LogP contribution is -2.25. The summed E-state index contributed by atoms with van der Waals surface area (Å²) >= 11 is 0. The second-order valence-corrected chi connectivity index (χ2v) is 5.79. The number of hydrogen-bond acceptors (Lipinski definition) is 4. The van der Waals surface area contributed by atoms with Gasteiger partial charge in [-0.25, -0.2) is 0 Å². The predicted octanol–water partition coefficient (Wildman–Crippen LogP) is 3.55. The fourth-order valence-corrected chi connectivity index (χ4v) is 2.59. The van der Waals surface area contributed by atoms with Crippen LogP contribution in [0, 0.1) is 6.92 Å². The molecule has 0 bridgehead atoms. The molecule has 0 atom stereocenters. The van der Waals surface area contributed by atoms with Crippen molar-refractivity contribution in [2.75, 3.05) is 27.4 Å². The minimum Gasteiger partial charge on any atom is -0.496 e. The number of benzene rings is 2. The van der Waals surface area contributed by atoms with Crippen molar-refractivity contribution in [3.63, 3.8) is 0 Å². The zero-order valence-electron chi connectivity index (χ0n) is 15.5. The first-order valence-electron chi connectivity index (χ1n) is 8.42. The Morgan fingerprint density at radius 2 is 1.81 bits per heavy atom. The second kappa shape index (κ2) is 9.51. The van der Waals surface area contributed by atoms with Gasteiger partial charge in [0.1, 0.15) is 12.4 Å². The minimum atomic E-state index is -0.162. The molecule has 0 saturated carbocycles. The van der Waals surface area contributed by atoms with Gasteiger partial charge in [-0.3, -0.25) is 4.79 Å². The molecule has 2 aromatic carbocycles. The number of carbonyl (C=O) groups excluding carboxylic acids is 1. The van der Waals surface area contributed by atoms with Gasteiger partial charge in [-0.05, 0) is 43.2 Å². The summed E-state index contributed by atoms with van der Waals surface area (Å²) in [7, 11) is 3.19. The van der Waals surface area contributed by atoms with Crippen LogP contribution in [0.15, 0.2) is 49.1 Å². The van der Waals surface area contributed by atoms with Crippen LogP contribution >= 0.6 is 0 Å². The molecule has 1 N–H and O–H groups in total. The number of nitrogens with one attached hydrogen (secondary N) is 1. The first kappa shape index (κ1) is 19.4. The van der Waals surface area contributed by atoms with E-state index in [2.05, 4.69) is 18.0 Å². The Labute approximate surface area is 154 Å². The van der Waals surface area contributed by atoms with Crippen LogP contribution in [0.25, 0.3) is 0 Å². The third-order valence-electron chi connectivity index (χ3n) is 3.90. The molecule has 1 amide bonds. The molecule has 138 valence electrons. The fourth-order valence-electron chi connectivity index (χ4n) is 2.59. The van der Waals surface area contributed by atoms with Gasteiger partial charge in [0, 0.05) is 12.1 Å². The van der Waals surface area contributed by atoms with Crippen LogP contribution in [-0.4, -0.2) is 33.3 Å². The van der Waals surface area contributed by atoms with Gasteiger partial charge in [0.05, 0.1) is 14.2 Å². The van der Waals surface area contributed by atoms with E-state index in [0.717, 1.165) is 16.9 Å². The number of amides is 1. The van der Waals surface area contributed by atoms with E-state index in [1.54, 1.807) is 38.5 Å². The van der Waals surface area contributed by atoms with Gasteiger partial charge in [-0.1, -0.05) is 30.4 Å². The van der Waals surface area contributed by atoms with Crippen LogP contribution in [0.1, 0.15) is 21.5 Å². The van der Waals surface area contributed by atoms with Crippen LogP contribution in [0.3, 0.4) is 0 Å². The molecule has 0 unspecified atom stereocenters. The van der Waals surface area contributed by atoms with E-state index < -0.39 is 0 Å². The summed E-state index contributed by atoms with van der Waals surface area (Å²) in [5, 5.41) is 2.93. The Hall–Kier alpha value is -2.95. The summed E-state index contributed by atoms with van der Waals surface area (Å²) in [5.74, 6) is 1.76. The second-order valence-electron chi connectivity index (χ2n) is 5.79. The minimum absolute atomic E-state index is 0.162. The molecule has 0 spiro atoms. The topological polar surface area (TPSA) is 56.8 Å². The molecule has 0 aliphatic heterocycles. The summed E-state index contributed by atoms with van der Waals surface area (Å²) in [6.07, 6.45) is 2.34. The standard InChI is InChI=1S/C21H25NO4/c1-5-12-26-19-9-7-17(14-20(19)25-4)21(23)22-11-10-16-13-15(2)6-8-18(16)24-3/h5-9,13-14H,1,10-12H2,2-4H3,(H,22,23). The van der Waals surface area contributed by atoms with Crippen LogP contribution in [0.4, 0.5) is 0 Å². The fraction of sp³-hybridized carbons (Fsp3) is 0.286. The maximum atomic E-state index is 12.4. The van der Waals surface area contributed by atoms with Gasteiger partial charge < -0.3 is 19.5 Å². The lowest BCUT2D eigenvalue weighted by atomic mass is 10.1. The molecule has 0 radical (unpaired) electrons. The molecular formula is C21H25NO4. The number of hydrogen-bond donors (Lipinski definition) is 1. The lowest BCUT2D eigenvalue weighted by Gasteiger charge is -2.12. The molecule has 5 heteroatoms. The Bertz CT molecular complexity index is 771. The van der Waals surface area contributed by atoms with E-state index in [1.165, 1.54) is 0 Å². The van der Waals surface area contributed by atoms with E-state index in [1.807, 2.05) is 19.1 Å². The highest BCUT2D eigenvalue weighted by atomic mass is 16.5. The van der Waals surface area contributed by atoms with Crippen molar-refractivity contribution in [3.8, 4) is 17.2 Å². The lowest BCUT2D eigenvalue weighted by molar-refractivity contribution is 0.0953.